The molecule has 3 N–H and O–H groups in total. The Labute approximate surface area is 165 Å². The third-order valence-corrected chi connectivity index (χ3v) is 4.85. The van der Waals surface area contributed by atoms with Crippen LogP contribution in [0.3, 0.4) is 0 Å². The van der Waals surface area contributed by atoms with Gasteiger partial charge in [-0.1, -0.05) is 6.92 Å². The van der Waals surface area contributed by atoms with E-state index in [1.807, 2.05) is 17.8 Å². The minimum absolute atomic E-state index is 0.213. The lowest BCUT2D eigenvalue weighted by Crippen LogP contribution is -2.40. The highest BCUT2D eigenvalue weighted by atomic mass is 19.1. The van der Waals surface area contributed by atoms with Crippen molar-refractivity contribution in [1.82, 2.24) is 25.4 Å². The molecule has 0 saturated heterocycles. The van der Waals surface area contributed by atoms with Crippen LogP contribution in [0.1, 0.15) is 23.9 Å². The average molecular weight is 385 g/mol. The van der Waals surface area contributed by atoms with E-state index < -0.39 is 0 Å². The first-order valence-electron chi connectivity index (χ1n) is 9.67. The van der Waals surface area contributed by atoms with E-state index in [0.717, 1.165) is 54.2 Å². The molecule has 1 atom stereocenters. The number of aryl methyl sites for hydroxylation is 2. The van der Waals surface area contributed by atoms with Crippen molar-refractivity contribution in [3.05, 3.63) is 53.2 Å². The second kappa shape index (κ2) is 8.91. The Kier molecular flexibility index (Phi) is 6.34. The largest absolute Gasteiger partial charge is 0.361 e. The summed E-state index contributed by atoms with van der Waals surface area (Å²) >= 11 is 0. The summed E-state index contributed by atoms with van der Waals surface area (Å²) < 4.78 is 15.5. The van der Waals surface area contributed by atoms with Gasteiger partial charge < -0.3 is 15.6 Å². The van der Waals surface area contributed by atoms with E-state index in [1.54, 1.807) is 19.2 Å². The fourth-order valence-corrected chi connectivity index (χ4v) is 3.38. The van der Waals surface area contributed by atoms with Gasteiger partial charge in [0.1, 0.15) is 5.82 Å². The van der Waals surface area contributed by atoms with E-state index in [2.05, 4.69) is 45.6 Å². The Morgan fingerprint density at radius 3 is 2.82 bits per heavy atom. The summed E-state index contributed by atoms with van der Waals surface area (Å²) in [7, 11) is 1.77. The van der Waals surface area contributed by atoms with Gasteiger partial charge in [-0.05, 0) is 56.0 Å². The van der Waals surface area contributed by atoms with Crippen LogP contribution in [0.15, 0.2) is 35.5 Å². The van der Waals surface area contributed by atoms with Crippen molar-refractivity contribution in [1.29, 1.82) is 0 Å². The van der Waals surface area contributed by atoms with E-state index in [0.29, 0.717) is 5.92 Å². The number of aromatic amines is 1. The summed E-state index contributed by atoms with van der Waals surface area (Å²) in [6.45, 7) is 8.67. The third-order valence-electron chi connectivity index (χ3n) is 4.85. The zero-order valence-corrected chi connectivity index (χ0v) is 17.0. The molecule has 0 fully saturated rings. The third kappa shape index (κ3) is 4.91. The lowest BCUT2D eigenvalue weighted by Gasteiger charge is -2.17. The van der Waals surface area contributed by atoms with E-state index >= 15 is 0 Å². The smallest absolute Gasteiger partial charge is 0.190 e. The maximum absolute atomic E-state index is 13.5. The summed E-state index contributed by atoms with van der Waals surface area (Å²) in [5.41, 5.74) is 4.28. The van der Waals surface area contributed by atoms with Gasteiger partial charge in [-0.2, -0.15) is 5.10 Å². The van der Waals surface area contributed by atoms with Crippen LogP contribution in [0.2, 0.25) is 0 Å². The first-order valence-corrected chi connectivity index (χ1v) is 9.67. The zero-order chi connectivity index (χ0) is 20.1. The average Bonchev–Trinajstić information content (AvgIpc) is 3.20. The number of benzene rings is 1. The molecule has 0 radical (unpaired) electrons. The molecule has 2 aromatic heterocycles. The fourth-order valence-electron chi connectivity index (χ4n) is 3.38. The normalized spacial score (nSPS) is 13.1. The Morgan fingerprint density at radius 2 is 2.11 bits per heavy atom. The summed E-state index contributed by atoms with van der Waals surface area (Å²) in [5.74, 6) is 0.967. The van der Waals surface area contributed by atoms with Crippen molar-refractivity contribution >= 4 is 16.9 Å². The molecular formula is C21H29FN6. The predicted octanol–water partition coefficient (Wildman–Crippen LogP) is 3.16. The number of fused-ring (bicyclic) bond motifs is 1. The first kappa shape index (κ1) is 19.9. The number of hydrogen-bond acceptors (Lipinski definition) is 2. The van der Waals surface area contributed by atoms with Gasteiger partial charge in [0.2, 0.25) is 0 Å². The predicted molar refractivity (Wildman–Crippen MR) is 112 cm³/mol. The molecule has 0 aliphatic carbocycles. The second-order valence-corrected chi connectivity index (χ2v) is 7.35. The number of aliphatic imine (C=N–C) groups is 1. The quantitative estimate of drug-likeness (QED) is 0.433. The molecule has 28 heavy (non-hydrogen) atoms. The summed E-state index contributed by atoms with van der Waals surface area (Å²) in [5, 5.41) is 12.2. The standard InChI is InChI=1S/C21H29FN6/c1-14(13-28-16(3)9-15(2)27-28)11-26-21(23-4)24-8-7-17-12-25-20-6-5-18(22)10-19(17)20/h5-6,9-10,12,14,25H,7-8,11,13H2,1-4H3,(H2,23,24,26). The molecule has 1 unspecified atom stereocenters. The molecule has 2 heterocycles. The molecule has 3 aromatic rings. The molecule has 0 aliphatic rings. The Hall–Kier alpha value is -2.83. The van der Waals surface area contributed by atoms with E-state index in [-0.39, 0.29) is 5.82 Å². The number of rotatable bonds is 7. The molecule has 0 saturated carbocycles. The van der Waals surface area contributed by atoms with Crippen LogP contribution < -0.4 is 10.6 Å². The van der Waals surface area contributed by atoms with Crippen LogP contribution in [0.25, 0.3) is 10.9 Å². The maximum atomic E-state index is 13.5. The molecule has 1 aromatic carbocycles. The van der Waals surface area contributed by atoms with Gasteiger partial charge in [-0.15, -0.1) is 0 Å². The van der Waals surface area contributed by atoms with Crippen LogP contribution in [-0.4, -0.2) is 40.9 Å². The number of hydrogen-bond donors (Lipinski definition) is 3. The lowest BCUT2D eigenvalue weighted by atomic mass is 10.1. The van der Waals surface area contributed by atoms with Crippen molar-refractivity contribution in [2.75, 3.05) is 20.1 Å². The van der Waals surface area contributed by atoms with Gasteiger partial charge in [-0.3, -0.25) is 9.67 Å². The van der Waals surface area contributed by atoms with Crippen LogP contribution in [0.5, 0.6) is 0 Å². The Morgan fingerprint density at radius 1 is 1.29 bits per heavy atom. The molecule has 0 aliphatic heterocycles. The van der Waals surface area contributed by atoms with Gasteiger partial charge in [0.15, 0.2) is 5.96 Å². The molecule has 0 bridgehead atoms. The molecule has 7 heteroatoms. The zero-order valence-electron chi connectivity index (χ0n) is 17.0. The lowest BCUT2D eigenvalue weighted by molar-refractivity contribution is 0.436. The maximum Gasteiger partial charge on any atom is 0.190 e. The molecule has 6 nitrogen and oxygen atoms in total. The van der Waals surface area contributed by atoms with Crippen LogP contribution in [0.4, 0.5) is 4.39 Å². The van der Waals surface area contributed by atoms with Gasteiger partial charge in [0, 0.05) is 49.5 Å². The second-order valence-electron chi connectivity index (χ2n) is 7.35. The minimum Gasteiger partial charge on any atom is -0.361 e. The highest BCUT2D eigenvalue weighted by Gasteiger charge is 2.09. The van der Waals surface area contributed by atoms with Crippen molar-refractivity contribution < 1.29 is 4.39 Å². The topological polar surface area (TPSA) is 70.0 Å². The summed E-state index contributed by atoms with van der Waals surface area (Å²) in [6, 6.07) is 6.91. The molecule has 3 rings (SSSR count). The van der Waals surface area contributed by atoms with Crippen molar-refractivity contribution in [3.8, 4) is 0 Å². The SMILES string of the molecule is CN=C(NCCc1c[nH]c2ccc(F)cc12)NCC(C)Cn1nc(C)cc1C. The number of nitrogens with one attached hydrogen (secondary N) is 3. The van der Waals surface area contributed by atoms with Gasteiger partial charge in [0.25, 0.3) is 0 Å². The minimum atomic E-state index is -0.213. The van der Waals surface area contributed by atoms with Gasteiger partial charge >= 0.3 is 0 Å². The Bertz CT molecular complexity index is 955. The number of guanidine groups is 1. The van der Waals surface area contributed by atoms with Crippen molar-refractivity contribution in [3.63, 3.8) is 0 Å². The van der Waals surface area contributed by atoms with Crippen molar-refractivity contribution in [2.45, 2.75) is 33.7 Å². The monoisotopic (exact) mass is 384 g/mol. The number of nitrogens with zero attached hydrogens (tertiary/aromatic N) is 3. The highest BCUT2D eigenvalue weighted by molar-refractivity contribution is 5.83. The van der Waals surface area contributed by atoms with E-state index in [9.17, 15) is 4.39 Å². The van der Waals surface area contributed by atoms with E-state index in [4.69, 9.17) is 0 Å². The van der Waals surface area contributed by atoms with Crippen LogP contribution in [0, 0.1) is 25.6 Å². The molecule has 150 valence electrons. The number of aromatic nitrogens is 3. The number of H-pyrrole nitrogens is 1. The van der Waals surface area contributed by atoms with Gasteiger partial charge in [0.05, 0.1) is 5.69 Å². The molecular weight excluding hydrogens is 355 g/mol. The van der Waals surface area contributed by atoms with Gasteiger partial charge in [-0.25, -0.2) is 4.39 Å². The highest BCUT2D eigenvalue weighted by Crippen LogP contribution is 2.19. The Balaban J connectivity index is 1.46. The van der Waals surface area contributed by atoms with E-state index in [1.165, 1.54) is 11.8 Å². The molecule has 0 amide bonds. The van der Waals surface area contributed by atoms with Crippen LogP contribution >= 0.6 is 0 Å². The number of halogens is 1. The fraction of sp³-hybridized carbons (Fsp3) is 0.429. The summed E-state index contributed by atoms with van der Waals surface area (Å²) in [4.78, 5) is 7.48. The van der Waals surface area contributed by atoms with Crippen LogP contribution in [-0.2, 0) is 13.0 Å². The first-order chi connectivity index (χ1) is 13.5. The van der Waals surface area contributed by atoms with Crippen molar-refractivity contribution in [2.24, 2.45) is 10.9 Å². The summed E-state index contributed by atoms with van der Waals surface area (Å²) in [6.07, 6.45) is 2.73. The molecule has 0 spiro atoms.